The van der Waals surface area contributed by atoms with Crippen molar-refractivity contribution >= 4 is 27.5 Å². The van der Waals surface area contributed by atoms with Crippen LogP contribution in [0.4, 0.5) is 0 Å². The number of thiophene rings is 1. The minimum atomic E-state index is -0.259. The summed E-state index contributed by atoms with van der Waals surface area (Å²) in [5, 5.41) is 0.682. The number of ether oxygens (including phenoxy) is 1. The van der Waals surface area contributed by atoms with Gasteiger partial charge in [0.2, 0.25) is 0 Å². The highest BCUT2D eigenvalue weighted by Gasteiger charge is 2.19. The Morgan fingerprint density at radius 3 is 2.67 bits per heavy atom. The highest BCUT2D eigenvalue weighted by Crippen LogP contribution is 2.35. The van der Waals surface area contributed by atoms with Crippen LogP contribution in [-0.2, 0) is 22.5 Å². The summed E-state index contributed by atoms with van der Waals surface area (Å²) in [5.74, 6) is 0.534. The molecule has 0 aliphatic carbocycles. The summed E-state index contributed by atoms with van der Waals surface area (Å²) in [6, 6.07) is 9.97. The summed E-state index contributed by atoms with van der Waals surface area (Å²) in [6.45, 7) is 4.58. The fourth-order valence-corrected chi connectivity index (χ4v) is 4.37. The van der Waals surface area contributed by atoms with Crippen molar-refractivity contribution in [2.75, 3.05) is 7.11 Å². The number of hydrogen-bond donors (Lipinski definition) is 0. The lowest BCUT2D eigenvalue weighted by Crippen LogP contribution is -2.25. The maximum Gasteiger partial charge on any atom is 0.305 e. The SMILES string of the molecule is CCCc1nc2sc(C)c(-c3ccccc3)c2c(=O)n1CCCC(=O)OC. The lowest BCUT2D eigenvalue weighted by molar-refractivity contribution is -0.140. The third kappa shape index (κ3) is 3.95. The largest absolute Gasteiger partial charge is 0.469 e. The number of hydrogen-bond acceptors (Lipinski definition) is 5. The number of aryl methyl sites for hydroxylation is 2. The molecule has 27 heavy (non-hydrogen) atoms. The molecule has 0 saturated heterocycles. The van der Waals surface area contributed by atoms with Crippen molar-refractivity contribution in [3.8, 4) is 11.1 Å². The van der Waals surface area contributed by atoms with Gasteiger partial charge in [-0.15, -0.1) is 11.3 Å². The minimum Gasteiger partial charge on any atom is -0.469 e. The molecule has 142 valence electrons. The van der Waals surface area contributed by atoms with Crippen LogP contribution in [0, 0.1) is 6.92 Å². The molecule has 5 nitrogen and oxygen atoms in total. The van der Waals surface area contributed by atoms with Crippen LogP contribution in [0.3, 0.4) is 0 Å². The van der Waals surface area contributed by atoms with Gasteiger partial charge in [0.1, 0.15) is 10.7 Å². The molecule has 0 fully saturated rings. The Kier molecular flexibility index (Phi) is 6.06. The summed E-state index contributed by atoms with van der Waals surface area (Å²) in [5.41, 5.74) is 1.99. The number of methoxy groups -OCH3 is 1. The highest BCUT2D eigenvalue weighted by molar-refractivity contribution is 7.19. The fourth-order valence-electron chi connectivity index (χ4n) is 3.32. The molecule has 0 aliphatic rings. The van der Waals surface area contributed by atoms with E-state index in [0.29, 0.717) is 24.8 Å². The molecule has 0 spiro atoms. The van der Waals surface area contributed by atoms with Crippen LogP contribution >= 0.6 is 11.3 Å². The number of aromatic nitrogens is 2. The molecule has 0 saturated carbocycles. The molecule has 2 heterocycles. The van der Waals surface area contributed by atoms with Crippen LogP contribution < -0.4 is 5.56 Å². The van der Waals surface area contributed by atoms with E-state index in [0.717, 1.165) is 39.5 Å². The zero-order valence-electron chi connectivity index (χ0n) is 15.9. The van der Waals surface area contributed by atoms with Gasteiger partial charge in [0.25, 0.3) is 5.56 Å². The number of carbonyl (C=O) groups excluding carboxylic acids is 1. The molecular weight excluding hydrogens is 360 g/mol. The van der Waals surface area contributed by atoms with E-state index in [2.05, 4.69) is 6.92 Å². The number of benzene rings is 1. The molecule has 1 aromatic carbocycles. The molecule has 0 bridgehead atoms. The fraction of sp³-hybridized carbons (Fsp3) is 0.381. The van der Waals surface area contributed by atoms with Crippen LogP contribution in [0.5, 0.6) is 0 Å². The summed E-state index contributed by atoms with van der Waals surface area (Å²) in [7, 11) is 1.38. The predicted octanol–water partition coefficient (Wildman–Crippen LogP) is 4.34. The van der Waals surface area contributed by atoms with E-state index in [1.807, 2.05) is 37.3 Å². The average Bonchev–Trinajstić information content (AvgIpc) is 3.01. The lowest BCUT2D eigenvalue weighted by Gasteiger charge is -2.12. The minimum absolute atomic E-state index is 0.0171. The highest BCUT2D eigenvalue weighted by atomic mass is 32.1. The van der Waals surface area contributed by atoms with Crippen molar-refractivity contribution in [3.05, 3.63) is 51.4 Å². The van der Waals surface area contributed by atoms with Crippen LogP contribution in [0.25, 0.3) is 21.3 Å². The number of fused-ring (bicyclic) bond motifs is 1. The molecule has 0 amide bonds. The Balaban J connectivity index is 2.12. The van der Waals surface area contributed by atoms with E-state index in [-0.39, 0.29) is 11.5 Å². The van der Waals surface area contributed by atoms with Gasteiger partial charge in [-0.2, -0.15) is 0 Å². The lowest BCUT2D eigenvalue weighted by atomic mass is 10.0. The molecule has 2 aromatic heterocycles. The zero-order chi connectivity index (χ0) is 19.4. The third-order valence-electron chi connectivity index (χ3n) is 4.59. The number of rotatable bonds is 7. The van der Waals surface area contributed by atoms with Gasteiger partial charge >= 0.3 is 5.97 Å². The Morgan fingerprint density at radius 2 is 2.00 bits per heavy atom. The average molecular weight is 385 g/mol. The standard InChI is InChI=1S/C21H24N2O3S/c1-4-9-16-22-20-19(21(25)23(16)13-8-12-17(24)26-3)18(14(2)27-20)15-10-6-5-7-11-15/h5-7,10-11H,4,8-9,12-13H2,1-3H3. The smallest absolute Gasteiger partial charge is 0.305 e. The molecule has 3 rings (SSSR count). The maximum absolute atomic E-state index is 13.4. The third-order valence-corrected chi connectivity index (χ3v) is 5.59. The molecule has 0 aliphatic heterocycles. The van der Waals surface area contributed by atoms with Gasteiger partial charge in [0.15, 0.2) is 0 Å². The Hall–Kier alpha value is -2.47. The first kappa shape index (κ1) is 19.3. The quantitative estimate of drug-likeness (QED) is 0.569. The zero-order valence-corrected chi connectivity index (χ0v) is 16.8. The van der Waals surface area contributed by atoms with Gasteiger partial charge in [-0.25, -0.2) is 4.98 Å². The summed E-state index contributed by atoms with van der Waals surface area (Å²) < 4.78 is 6.45. The Morgan fingerprint density at radius 1 is 1.26 bits per heavy atom. The molecule has 0 atom stereocenters. The maximum atomic E-state index is 13.4. The van der Waals surface area contributed by atoms with E-state index in [9.17, 15) is 9.59 Å². The Bertz CT molecular complexity index is 1010. The summed E-state index contributed by atoms with van der Waals surface area (Å²) in [6.07, 6.45) is 2.49. The van der Waals surface area contributed by atoms with Gasteiger partial charge in [0.05, 0.1) is 12.5 Å². The molecule has 6 heteroatoms. The van der Waals surface area contributed by atoms with E-state index in [1.165, 1.54) is 7.11 Å². The number of carbonyl (C=O) groups is 1. The first-order valence-electron chi connectivity index (χ1n) is 9.21. The van der Waals surface area contributed by atoms with E-state index in [1.54, 1.807) is 15.9 Å². The first-order chi connectivity index (χ1) is 13.1. The van der Waals surface area contributed by atoms with E-state index >= 15 is 0 Å². The predicted molar refractivity (Wildman–Crippen MR) is 109 cm³/mol. The second kappa shape index (κ2) is 8.48. The van der Waals surface area contributed by atoms with Crippen molar-refractivity contribution in [2.24, 2.45) is 0 Å². The van der Waals surface area contributed by atoms with Gasteiger partial charge in [-0.1, -0.05) is 37.3 Å². The number of esters is 1. The van der Waals surface area contributed by atoms with Crippen molar-refractivity contribution in [2.45, 2.75) is 46.1 Å². The summed E-state index contributed by atoms with van der Waals surface area (Å²) in [4.78, 5) is 31.5. The number of nitrogens with zero attached hydrogens (tertiary/aromatic N) is 2. The second-order valence-electron chi connectivity index (χ2n) is 6.49. The van der Waals surface area contributed by atoms with Crippen molar-refractivity contribution in [1.82, 2.24) is 9.55 Å². The van der Waals surface area contributed by atoms with E-state index < -0.39 is 0 Å². The molecule has 0 N–H and O–H groups in total. The van der Waals surface area contributed by atoms with Crippen LogP contribution in [0.1, 0.15) is 36.9 Å². The second-order valence-corrected chi connectivity index (χ2v) is 7.70. The normalized spacial score (nSPS) is 11.1. The van der Waals surface area contributed by atoms with Crippen molar-refractivity contribution < 1.29 is 9.53 Å². The van der Waals surface area contributed by atoms with Crippen molar-refractivity contribution in [1.29, 1.82) is 0 Å². The van der Waals surface area contributed by atoms with Gasteiger partial charge < -0.3 is 4.74 Å². The van der Waals surface area contributed by atoms with Crippen LogP contribution in [0.2, 0.25) is 0 Å². The molecule has 0 radical (unpaired) electrons. The van der Waals surface area contributed by atoms with Gasteiger partial charge in [0, 0.05) is 29.8 Å². The topological polar surface area (TPSA) is 61.2 Å². The molecule has 3 aromatic rings. The first-order valence-corrected chi connectivity index (χ1v) is 10.0. The Labute approximate surface area is 162 Å². The summed E-state index contributed by atoms with van der Waals surface area (Å²) >= 11 is 1.57. The van der Waals surface area contributed by atoms with Crippen molar-refractivity contribution in [3.63, 3.8) is 0 Å². The monoisotopic (exact) mass is 384 g/mol. The van der Waals surface area contributed by atoms with Gasteiger partial charge in [-0.3, -0.25) is 14.2 Å². The molecular formula is C21H24N2O3S. The molecule has 0 unspecified atom stereocenters. The van der Waals surface area contributed by atoms with Gasteiger partial charge in [-0.05, 0) is 25.3 Å². The van der Waals surface area contributed by atoms with E-state index in [4.69, 9.17) is 9.72 Å². The van der Waals surface area contributed by atoms with Crippen LogP contribution in [0.15, 0.2) is 35.1 Å². The van der Waals surface area contributed by atoms with Crippen LogP contribution in [-0.4, -0.2) is 22.6 Å².